The van der Waals surface area contributed by atoms with Crippen LogP contribution in [0.1, 0.15) is 11.1 Å². The minimum Gasteiger partial charge on any atom is -0.262 e. The molecule has 0 heterocycles. The van der Waals surface area contributed by atoms with Crippen LogP contribution >= 0.6 is 15.9 Å². The summed E-state index contributed by atoms with van der Waals surface area (Å²) < 4.78 is 28.9. The molecule has 0 aliphatic carbocycles. The summed E-state index contributed by atoms with van der Waals surface area (Å²) in [6.07, 6.45) is 0. The standard InChI is InChI=1S/C20H18BrNO2S/c1-16-7-13-20(14-8-16)25(23,24)22(19-5-3-2-4-6-19)15-17-9-11-18(21)12-10-17/h2-14H,15H2,1H3. The second-order valence-electron chi connectivity index (χ2n) is 5.79. The predicted molar refractivity (Wildman–Crippen MR) is 105 cm³/mol. The van der Waals surface area contributed by atoms with E-state index >= 15 is 0 Å². The smallest absolute Gasteiger partial charge is 0.262 e. The lowest BCUT2D eigenvalue weighted by atomic mass is 10.2. The van der Waals surface area contributed by atoms with Crippen LogP contribution < -0.4 is 4.31 Å². The second kappa shape index (κ2) is 7.42. The number of hydrogen-bond donors (Lipinski definition) is 0. The van der Waals surface area contributed by atoms with Gasteiger partial charge in [-0.05, 0) is 48.9 Å². The highest BCUT2D eigenvalue weighted by Crippen LogP contribution is 2.26. The van der Waals surface area contributed by atoms with Crippen molar-refractivity contribution in [2.45, 2.75) is 18.4 Å². The van der Waals surface area contributed by atoms with Crippen LogP contribution in [0.2, 0.25) is 0 Å². The Kier molecular flexibility index (Phi) is 5.25. The van der Waals surface area contributed by atoms with Gasteiger partial charge in [-0.25, -0.2) is 8.42 Å². The van der Waals surface area contributed by atoms with Gasteiger partial charge in [-0.15, -0.1) is 0 Å². The van der Waals surface area contributed by atoms with Crippen LogP contribution in [0, 0.1) is 6.92 Å². The summed E-state index contributed by atoms with van der Waals surface area (Å²) in [5.74, 6) is 0. The Bertz CT molecular complexity index is 937. The Hall–Kier alpha value is -2.11. The fraction of sp³-hybridized carbons (Fsp3) is 0.100. The number of anilines is 1. The molecular formula is C20H18BrNO2S. The molecule has 0 saturated carbocycles. The Labute approximate surface area is 157 Å². The highest BCUT2D eigenvalue weighted by atomic mass is 79.9. The van der Waals surface area contributed by atoms with Gasteiger partial charge in [0, 0.05) is 4.47 Å². The van der Waals surface area contributed by atoms with Crippen molar-refractivity contribution in [3.63, 3.8) is 0 Å². The Morgan fingerprint density at radius 1 is 0.840 bits per heavy atom. The third-order valence-corrected chi connectivity index (χ3v) is 6.21. The first-order valence-electron chi connectivity index (χ1n) is 7.86. The molecule has 0 radical (unpaired) electrons. The second-order valence-corrected chi connectivity index (χ2v) is 8.56. The van der Waals surface area contributed by atoms with Crippen LogP contribution in [0.4, 0.5) is 5.69 Å². The maximum atomic E-state index is 13.2. The summed E-state index contributed by atoms with van der Waals surface area (Å²) in [4.78, 5) is 0.291. The van der Waals surface area contributed by atoms with E-state index in [1.807, 2.05) is 73.7 Å². The molecule has 0 spiro atoms. The number of aryl methyl sites for hydroxylation is 1. The quantitative estimate of drug-likeness (QED) is 0.577. The molecule has 0 aromatic heterocycles. The number of rotatable bonds is 5. The molecule has 25 heavy (non-hydrogen) atoms. The Balaban J connectivity index is 2.04. The predicted octanol–water partition coefficient (Wildman–Crippen LogP) is 5.15. The lowest BCUT2D eigenvalue weighted by Gasteiger charge is -2.25. The minimum absolute atomic E-state index is 0.271. The van der Waals surface area contributed by atoms with Gasteiger partial charge in [0.1, 0.15) is 0 Å². The number of sulfonamides is 1. The van der Waals surface area contributed by atoms with E-state index in [2.05, 4.69) is 15.9 Å². The van der Waals surface area contributed by atoms with Crippen molar-refractivity contribution in [2.24, 2.45) is 0 Å². The van der Waals surface area contributed by atoms with E-state index in [0.29, 0.717) is 10.6 Å². The number of halogens is 1. The maximum absolute atomic E-state index is 13.2. The van der Waals surface area contributed by atoms with Gasteiger partial charge in [0.05, 0.1) is 17.1 Å². The van der Waals surface area contributed by atoms with Crippen LogP contribution in [0.15, 0.2) is 88.2 Å². The van der Waals surface area contributed by atoms with E-state index in [4.69, 9.17) is 0 Å². The van der Waals surface area contributed by atoms with Crippen molar-refractivity contribution in [2.75, 3.05) is 4.31 Å². The molecule has 3 nitrogen and oxygen atoms in total. The Morgan fingerprint density at radius 3 is 2.04 bits per heavy atom. The van der Waals surface area contributed by atoms with Crippen molar-refractivity contribution in [1.29, 1.82) is 0 Å². The Morgan fingerprint density at radius 2 is 1.44 bits per heavy atom. The maximum Gasteiger partial charge on any atom is 0.264 e. The zero-order chi connectivity index (χ0) is 17.9. The van der Waals surface area contributed by atoms with Gasteiger partial charge in [0.25, 0.3) is 10.0 Å². The molecule has 3 aromatic carbocycles. The topological polar surface area (TPSA) is 37.4 Å². The van der Waals surface area contributed by atoms with Crippen LogP contribution in [0.3, 0.4) is 0 Å². The van der Waals surface area contributed by atoms with Crippen molar-refractivity contribution in [1.82, 2.24) is 0 Å². The first-order chi connectivity index (χ1) is 12.0. The molecule has 0 fully saturated rings. The van der Waals surface area contributed by atoms with Crippen molar-refractivity contribution in [3.8, 4) is 0 Å². The highest BCUT2D eigenvalue weighted by Gasteiger charge is 2.25. The third kappa shape index (κ3) is 4.11. The summed E-state index contributed by atoms with van der Waals surface area (Å²) in [7, 11) is -3.66. The van der Waals surface area contributed by atoms with E-state index in [0.717, 1.165) is 15.6 Å². The first kappa shape index (κ1) is 17.7. The summed E-state index contributed by atoms with van der Waals surface area (Å²) in [5, 5.41) is 0. The molecule has 0 atom stereocenters. The van der Waals surface area contributed by atoms with Gasteiger partial charge in [0.2, 0.25) is 0 Å². The summed E-state index contributed by atoms with van der Waals surface area (Å²) >= 11 is 3.41. The lowest BCUT2D eigenvalue weighted by molar-refractivity contribution is 0.590. The summed E-state index contributed by atoms with van der Waals surface area (Å²) in [6.45, 7) is 2.21. The van der Waals surface area contributed by atoms with E-state index in [1.54, 1.807) is 12.1 Å². The van der Waals surface area contributed by atoms with E-state index in [9.17, 15) is 8.42 Å². The highest BCUT2D eigenvalue weighted by molar-refractivity contribution is 9.10. The average Bonchev–Trinajstić information content (AvgIpc) is 2.62. The van der Waals surface area contributed by atoms with Crippen molar-refractivity contribution in [3.05, 3.63) is 94.5 Å². The van der Waals surface area contributed by atoms with E-state index in [1.165, 1.54) is 4.31 Å². The van der Waals surface area contributed by atoms with E-state index in [-0.39, 0.29) is 6.54 Å². The number of hydrogen-bond acceptors (Lipinski definition) is 2. The number of nitrogens with zero attached hydrogens (tertiary/aromatic N) is 1. The SMILES string of the molecule is Cc1ccc(S(=O)(=O)N(Cc2ccc(Br)cc2)c2ccccc2)cc1. The summed E-state index contributed by atoms with van der Waals surface area (Å²) in [6, 6.07) is 23.8. The average molecular weight is 416 g/mol. The number of benzene rings is 3. The zero-order valence-electron chi connectivity index (χ0n) is 13.8. The fourth-order valence-corrected chi connectivity index (χ4v) is 4.22. The summed E-state index contributed by atoms with van der Waals surface area (Å²) in [5.41, 5.74) is 2.59. The molecule has 128 valence electrons. The normalized spacial score (nSPS) is 11.3. The van der Waals surface area contributed by atoms with Crippen LogP contribution in [-0.4, -0.2) is 8.42 Å². The van der Waals surface area contributed by atoms with Crippen molar-refractivity contribution < 1.29 is 8.42 Å². The molecule has 3 aromatic rings. The molecule has 0 saturated heterocycles. The molecule has 5 heteroatoms. The molecule has 0 amide bonds. The molecule has 0 aliphatic heterocycles. The minimum atomic E-state index is -3.66. The lowest BCUT2D eigenvalue weighted by Crippen LogP contribution is -2.30. The van der Waals surface area contributed by atoms with Crippen LogP contribution in [0.5, 0.6) is 0 Å². The molecule has 0 unspecified atom stereocenters. The van der Waals surface area contributed by atoms with Gasteiger partial charge in [-0.3, -0.25) is 4.31 Å². The molecule has 0 bridgehead atoms. The zero-order valence-corrected chi connectivity index (χ0v) is 16.2. The van der Waals surface area contributed by atoms with Gasteiger partial charge in [0.15, 0.2) is 0 Å². The van der Waals surface area contributed by atoms with Crippen molar-refractivity contribution >= 4 is 31.6 Å². The third-order valence-electron chi connectivity index (χ3n) is 3.89. The molecule has 0 N–H and O–H groups in total. The number of para-hydroxylation sites is 1. The van der Waals surface area contributed by atoms with Crippen LogP contribution in [-0.2, 0) is 16.6 Å². The monoisotopic (exact) mass is 415 g/mol. The van der Waals surface area contributed by atoms with Gasteiger partial charge in [-0.1, -0.05) is 64.0 Å². The van der Waals surface area contributed by atoms with E-state index < -0.39 is 10.0 Å². The van der Waals surface area contributed by atoms with Gasteiger partial charge < -0.3 is 0 Å². The first-order valence-corrected chi connectivity index (χ1v) is 10.1. The molecular weight excluding hydrogens is 398 g/mol. The molecule has 3 rings (SSSR count). The largest absolute Gasteiger partial charge is 0.264 e. The molecule has 0 aliphatic rings. The fourth-order valence-electron chi connectivity index (χ4n) is 2.50. The van der Waals surface area contributed by atoms with Crippen LogP contribution in [0.25, 0.3) is 0 Å². The van der Waals surface area contributed by atoms with Gasteiger partial charge in [-0.2, -0.15) is 0 Å². The van der Waals surface area contributed by atoms with Gasteiger partial charge >= 0.3 is 0 Å².